The van der Waals surface area contributed by atoms with Crippen molar-refractivity contribution in [3.8, 4) is 28.1 Å². The Hall–Kier alpha value is -3.19. The number of nitrogens with zero attached hydrogens (tertiary/aromatic N) is 2. The highest BCUT2D eigenvalue weighted by molar-refractivity contribution is 5.97. The molecule has 1 aliphatic heterocycles. The standard InChI is InChI=1S/C21H20FN3O3/c1-13-20(15-5-8-18-17(11-15)23-19(26)12-28-18)21(25(24-13)9-10-27-2)14-3-6-16(22)7-4-14/h3-8,11H,9-10,12H2,1-2H3,(H,23,26). The topological polar surface area (TPSA) is 65.4 Å². The number of hydrogen-bond donors (Lipinski definition) is 1. The van der Waals surface area contributed by atoms with Crippen LogP contribution in [0, 0.1) is 12.7 Å². The first-order valence-corrected chi connectivity index (χ1v) is 8.96. The lowest BCUT2D eigenvalue weighted by Crippen LogP contribution is -2.25. The van der Waals surface area contributed by atoms with E-state index in [1.54, 1.807) is 19.2 Å². The fourth-order valence-electron chi connectivity index (χ4n) is 3.41. The molecular weight excluding hydrogens is 361 g/mol. The first kappa shape index (κ1) is 18.2. The Kier molecular flexibility index (Phi) is 4.83. The molecule has 0 aliphatic carbocycles. The van der Waals surface area contributed by atoms with Crippen LogP contribution in [0.5, 0.6) is 5.75 Å². The van der Waals surface area contributed by atoms with Gasteiger partial charge in [0.15, 0.2) is 6.61 Å². The molecule has 4 rings (SSSR count). The van der Waals surface area contributed by atoms with Crippen LogP contribution < -0.4 is 10.1 Å². The Morgan fingerprint density at radius 1 is 1.21 bits per heavy atom. The van der Waals surface area contributed by atoms with Crippen molar-refractivity contribution in [3.05, 3.63) is 54.0 Å². The molecule has 0 spiro atoms. The zero-order valence-electron chi connectivity index (χ0n) is 15.7. The van der Waals surface area contributed by atoms with Crippen LogP contribution in [0.25, 0.3) is 22.4 Å². The molecule has 3 aromatic rings. The van der Waals surface area contributed by atoms with Gasteiger partial charge in [0, 0.05) is 18.2 Å². The van der Waals surface area contributed by atoms with E-state index in [1.807, 2.05) is 29.8 Å². The second-order valence-corrected chi connectivity index (χ2v) is 6.58. The molecule has 0 atom stereocenters. The molecule has 1 N–H and O–H groups in total. The van der Waals surface area contributed by atoms with Crippen LogP contribution in [0.2, 0.25) is 0 Å². The number of nitrogens with one attached hydrogen (secondary N) is 1. The predicted molar refractivity (Wildman–Crippen MR) is 104 cm³/mol. The summed E-state index contributed by atoms with van der Waals surface area (Å²) in [6.45, 7) is 3.01. The summed E-state index contributed by atoms with van der Waals surface area (Å²) in [4.78, 5) is 11.7. The van der Waals surface area contributed by atoms with Crippen LogP contribution in [-0.2, 0) is 16.1 Å². The molecule has 1 aromatic heterocycles. The van der Waals surface area contributed by atoms with Crippen LogP contribution >= 0.6 is 0 Å². The highest BCUT2D eigenvalue weighted by atomic mass is 19.1. The van der Waals surface area contributed by atoms with E-state index in [0.29, 0.717) is 24.6 Å². The van der Waals surface area contributed by atoms with Gasteiger partial charge in [-0.05, 0) is 48.9 Å². The summed E-state index contributed by atoms with van der Waals surface area (Å²) in [5.41, 5.74) is 5.00. The average molecular weight is 381 g/mol. The molecule has 144 valence electrons. The summed E-state index contributed by atoms with van der Waals surface area (Å²) in [7, 11) is 1.64. The molecule has 0 unspecified atom stereocenters. The van der Waals surface area contributed by atoms with Gasteiger partial charge in [-0.15, -0.1) is 0 Å². The fourth-order valence-corrected chi connectivity index (χ4v) is 3.41. The third kappa shape index (κ3) is 3.36. The number of amides is 1. The number of methoxy groups -OCH3 is 1. The molecule has 7 heteroatoms. The predicted octanol–water partition coefficient (Wildman–Crippen LogP) is 3.64. The number of rotatable bonds is 5. The number of aryl methyl sites for hydroxylation is 1. The minimum Gasteiger partial charge on any atom is -0.482 e. The van der Waals surface area contributed by atoms with Crippen LogP contribution in [0.3, 0.4) is 0 Å². The van der Waals surface area contributed by atoms with E-state index < -0.39 is 0 Å². The monoisotopic (exact) mass is 381 g/mol. The van der Waals surface area contributed by atoms with E-state index in [9.17, 15) is 9.18 Å². The maximum atomic E-state index is 13.5. The lowest BCUT2D eigenvalue weighted by Gasteiger charge is -2.19. The van der Waals surface area contributed by atoms with Crippen molar-refractivity contribution in [1.82, 2.24) is 9.78 Å². The van der Waals surface area contributed by atoms with Crippen molar-refractivity contribution in [2.24, 2.45) is 0 Å². The van der Waals surface area contributed by atoms with Crippen LogP contribution in [0.15, 0.2) is 42.5 Å². The molecule has 2 heterocycles. The second kappa shape index (κ2) is 7.44. The summed E-state index contributed by atoms with van der Waals surface area (Å²) < 4.78 is 26.0. The number of carbonyl (C=O) groups is 1. The maximum absolute atomic E-state index is 13.5. The Morgan fingerprint density at radius 2 is 1.96 bits per heavy atom. The number of halogens is 1. The Labute approximate surface area is 161 Å². The fraction of sp³-hybridized carbons (Fsp3) is 0.238. The highest BCUT2D eigenvalue weighted by Crippen LogP contribution is 2.39. The molecule has 6 nitrogen and oxygen atoms in total. The van der Waals surface area contributed by atoms with Crippen LogP contribution in [-0.4, -0.2) is 36.0 Å². The summed E-state index contributed by atoms with van der Waals surface area (Å²) in [6, 6.07) is 12.0. The minimum absolute atomic E-state index is 0.0150. The Morgan fingerprint density at radius 3 is 2.71 bits per heavy atom. The third-order valence-corrected chi connectivity index (χ3v) is 4.65. The first-order valence-electron chi connectivity index (χ1n) is 8.96. The Balaban J connectivity index is 1.86. The normalized spacial score (nSPS) is 13.0. The molecular formula is C21H20FN3O3. The smallest absolute Gasteiger partial charge is 0.262 e. The van der Waals surface area contributed by atoms with Gasteiger partial charge in [-0.1, -0.05) is 6.07 Å². The summed E-state index contributed by atoms with van der Waals surface area (Å²) >= 11 is 0. The summed E-state index contributed by atoms with van der Waals surface area (Å²) in [5.74, 6) is 0.158. The molecule has 28 heavy (non-hydrogen) atoms. The van der Waals surface area contributed by atoms with Crippen molar-refractivity contribution in [1.29, 1.82) is 0 Å². The number of aromatic nitrogens is 2. The zero-order chi connectivity index (χ0) is 19.7. The Bertz CT molecular complexity index is 1030. The lowest BCUT2D eigenvalue weighted by atomic mass is 9.98. The summed E-state index contributed by atoms with van der Waals surface area (Å²) in [5, 5.41) is 7.51. The number of carbonyl (C=O) groups excluding carboxylic acids is 1. The van der Waals surface area contributed by atoms with Gasteiger partial charge >= 0.3 is 0 Å². The quantitative estimate of drug-likeness (QED) is 0.733. The van der Waals surface area contributed by atoms with Gasteiger partial charge in [-0.2, -0.15) is 5.10 Å². The van der Waals surface area contributed by atoms with E-state index in [1.165, 1.54) is 12.1 Å². The van der Waals surface area contributed by atoms with Gasteiger partial charge < -0.3 is 14.8 Å². The van der Waals surface area contributed by atoms with Crippen molar-refractivity contribution in [2.75, 3.05) is 25.6 Å². The van der Waals surface area contributed by atoms with Crippen molar-refractivity contribution in [3.63, 3.8) is 0 Å². The number of fused-ring (bicyclic) bond motifs is 1. The lowest BCUT2D eigenvalue weighted by molar-refractivity contribution is -0.118. The first-order chi connectivity index (χ1) is 13.6. The van der Waals surface area contributed by atoms with E-state index in [0.717, 1.165) is 28.1 Å². The van der Waals surface area contributed by atoms with Gasteiger partial charge in [0.2, 0.25) is 0 Å². The molecule has 0 radical (unpaired) electrons. The molecule has 0 saturated carbocycles. The third-order valence-electron chi connectivity index (χ3n) is 4.65. The number of ether oxygens (including phenoxy) is 2. The molecule has 2 aromatic carbocycles. The molecule has 0 saturated heterocycles. The number of benzene rings is 2. The largest absolute Gasteiger partial charge is 0.482 e. The highest BCUT2D eigenvalue weighted by Gasteiger charge is 2.22. The molecule has 0 fully saturated rings. The molecule has 1 aliphatic rings. The van der Waals surface area contributed by atoms with E-state index >= 15 is 0 Å². The maximum Gasteiger partial charge on any atom is 0.262 e. The SMILES string of the molecule is COCCn1nc(C)c(-c2ccc3c(c2)NC(=O)CO3)c1-c1ccc(F)cc1. The zero-order valence-corrected chi connectivity index (χ0v) is 15.7. The van der Waals surface area contributed by atoms with Crippen molar-refractivity contribution in [2.45, 2.75) is 13.5 Å². The van der Waals surface area contributed by atoms with Gasteiger partial charge in [-0.3, -0.25) is 9.48 Å². The van der Waals surface area contributed by atoms with Gasteiger partial charge in [-0.25, -0.2) is 4.39 Å². The van der Waals surface area contributed by atoms with Crippen LogP contribution in [0.4, 0.5) is 10.1 Å². The van der Waals surface area contributed by atoms with E-state index in [-0.39, 0.29) is 18.3 Å². The molecule has 1 amide bonds. The van der Waals surface area contributed by atoms with Crippen molar-refractivity contribution >= 4 is 11.6 Å². The average Bonchev–Trinajstić information content (AvgIpc) is 3.02. The van der Waals surface area contributed by atoms with Gasteiger partial charge in [0.1, 0.15) is 11.6 Å². The minimum atomic E-state index is -0.293. The van der Waals surface area contributed by atoms with Gasteiger partial charge in [0.25, 0.3) is 5.91 Å². The number of hydrogen-bond acceptors (Lipinski definition) is 4. The second-order valence-electron chi connectivity index (χ2n) is 6.58. The van der Waals surface area contributed by atoms with Crippen LogP contribution in [0.1, 0.15) is 5.69 Å². The molecule has 0 bridgehead atoms. The summed E-state index contributed by atoms with van der Waals surface area (Å²) in [6.07, 6.45) is 0. The van der Waals surface area contributed by atoms with Crippen molar-refractivity contribution < 1.29 is 18.7 Å². The van der Waals surface area contributed by atoms with Gasteiger partial charge in [0.05, 0.1) is 30.2 Å². The van der Waals surface area contributed by atoms with E-state index in [2.05, 4.69) is 10.4 Å². The number of anilines is 1. The van der Waals surface area contributed by atoms with E-state index in [4.69, 9.17) is 9.47 Å².